The number of benzene rings is 4. The van der Waals surface area contributed by atoms with Gasteiger partial charge in [0.05, 0.1) is 17.7 Å². The average molecular weight is 674 g/mol. The van der Waals surface area contributed by atoms with Crippen LogP contribution < -0.4 is 14.4 Å². The number of nitrogens with zero attached hydrogens (tertiary/aromatic N) is 2. The second-order valence-electron chi connectivity index (χ2n) is 11.7. The Bertz CT molecular complexity index is 1730. The summed E-state index contributed by atoms with van der Waals surface area (Å²) in [6, 6.07) is 30.4. The molecule has 0 aromatic heterocycles. The van der Waals surface area contributed by atoms with Crippen LogP contribution in [-0.2, 0) is 32.6 Å². The Labute approximate surface area is 282 Å². The van der Waals surface area contributed by atoms with Crippen LogP contribution >= 0.6 is 11.6 Å². The number of carbonyl (C=O) groups is 2. The molecule has 0 radical (unpaired) electrons. The smallest absolute Gasteiger partial charge is 0.264 e. The molecule has 0 unspecified atom stereocenters. The Kier molecular flexibility index (Phi) is 11.6. The van der Waals surface area contributed by atoms with Crippen LogP contribution in [0.3, 0.4) is 0 Å². The number of hydrogen-bond acceptors (Lipinski definition) is 5. The molecule has 0 saturated heterocycles. The number of sulfonamides is 1. The number of hydrogen-bond donors (Lipinski definition) is 1. The summed E-state index contributed by atoms with van der Waals surface area (Å²) < 4.78 is 35.1. The molecule has 10 heteroatoms. The molecule has 1 fully saturated rings. The molecule has 1 atom stereocenters. The number of nitrogens with one attached hydrogen (secondary N) is 1. The molecule has 4 aromatic rings. The largest absolute Gasteiger partial charge is 0.495 e. The maximum atomic E-state index is 14.7. The molecule has 1 aliphatic carbocycles. The number of anilines is 1. The highest BCUT2D eigenvalue weighted by molar-refractivity contribution is 7.92. The maximum Gasteiger partial charge on any atom is 0.264 e. The summed E-state index contributed by atoms with van der Waals surface area (Å²) >= 11 is 6.18. The number of para-hydroxylation sites is 2. The third-order valence-electron chi connectivity index (χ3n) is 8.45. The Morgan fingerprint density at radius 1 is 0.830 bits per heavy atom. The number of ether oxygens (including phenoxy) is 1. The second kappa shape index (κ2) is 16.0. The van der Waals surface area contributed by atoms with Crippen LogP contribution in [0.2, 0.25) is 5.02 Å². The molecule has 246 valence electrons. The summed E-state index contributed by atoms with van der Waals surface area (Å²) in [7, 11) is -2.78. The lowest BCUT2D eigenvalue weighted by molar-refractivity contribution is -0.140. The van der Waals surface area contributed by atoms with Crippen molar-refractivity contribution < 1.29 is 22.7 Å². The van der Waals surface area contributed by atoms with Crippen molar-refractivity contribution in [1.29, 1.82) is 0 Å². The first-order chi connectivity index (χ1) is 22.8. The predicted octanol–water partition coefficient (Wildman–Crippen LogP) is 6.63. The quantitative estimate of drug-likeness (QED) is 0.172. The van der Waals surface area contributed by atoms with Crippen LogP contribution in [0.15, 0.2) is 114 Å². The van der Waals surface area contributed by atoms with E-state index < -0.39 is 28.5 Å². The van der Waals surface area contributed by atoms with Gasteiger partial charge in [0.15, 0.2) is 0 Å². The molecule has 0 heterocycles. The molecule has 0 aliphatic heterocycles. The number of halogens is 1. The maximum absolute atomic E-state index is 14.7. The second-order valence-corrected chi connectivity index (χ2v) is 14.0. The molecule has 0 bridgehead atoms. The number of carbonyl (C=O) groups excluding carboxylic acids is 2. The molecule has 1 N–H and O–H groups in total. The summed E-state index contributed by atoms with van der Waals surface area (Å²) in [6.45, 7) is -0.496. The number of rotatable bonds is 13. The predicted molar refractivity (Wildman–Crippen MR) is 185 cm³/mol. The monoisotopic (exact) mass is 673 g/mol. The molecule has 4 aromatic carbocycles. The normalized spacial score (nSPS) is 14.2. The van der Waals surface area contributed by atoms with Gasteiger partial charge in [0.25, 0.3) is 10.0 Å². The zero-order chi connectivity index (χ0) is 33.2. The lowest BCUT2D eigenvalue weighted by Gasteiger charge is -2.35. The molecule has 47 heavy (non-hydrogen) atoms. The zero-order valence-electron chi connectivity index (χ0n) is 26.4. The van der Waals surface area contributed by atoms with E-state index in [1.54, 1.807) is 66.7 Å². The van der Waals surface area contributed by atoms with E-state index in [-0.39, 0.29) is 35.5 Å². The van der Waals surface area contributed by atoms with Gasteiger partial charge in [-0.05, 0) is 60.4 Å². The minimum atomic E-state index is -4.23. The highest BCUT2D eigenvalue weighted by Gasteiger charge is 2.36. The highest BCUT2D eigenvalue weighted by Crippen LogP contribution is 2.33. The van der Waals surface area contributed by atoms with Gasteiger partial charge < -0.3 is 15.0 Å². The summed E-state index contributed by atoms with van der Waals surface area (Å²) in [4.78, 5) is 30.4. The van der Waals surface area contributed by atoms with E-state index in [4.69, 9.17) is 16.3 Å². The van der Waals surface area contributed by atoms with Gasteiger partial charge >= 0.3 is 0 Å². The van der Waals surface area contributed by atoms with Gasteiger partial charge in [-0.25, -0.2) is 8.42 Å². The van der Waals surface area contributed by atoms with Crippen molar-refractivity contribution in [3.05, 3.63) is 125 Å². The third kappa shape index (κ3) is 8.73. The van der Waals surface area contributed by atoms with Gasteiger partial charge in [-0.1, -0.05) is 104 Å². The van der Waals surface area contributed by atoms with Crippen molar-refractivity contribution in [1.82, 2.24) is 10.2 Å². The Morgan fingerprint density at radius 3 is 2.11 bits per heavy atom. The summed E-state index contributed by atoms with van der Waals surface area (Å²) in [6.07, 6.45) is 5.21. The molecular weight excluding hydrogens is 634 g/mol. The van der Waals surface area contributed by atoms with E-state index in [1.807, 2.05) is 30.3 Å². The molecule has 1 aliphatic rings. The number of methoxy groups -OCH3 is 1. The number of amides is 2. The minimum Gasteiger partial charge on any atom is -0.495 e. The topological polar surface area (TPSA) is 96.0 Å². The molecule has 2 amide bonds. The fourth-order valence-corrected chi connectivity index (χ4v) is 7.53. The van der Waals surface area contributed by atoms with E-state index >= 15 is 0 Å². The Morgan fingerprint density at radius 2 is 1.45 bits per heavy atom. The van der Waals surface area contributed by atoms with E-state index in [1.165, 1.54) is 24.1 Å². The molecule has 1 saturated carbocycles. The first kappa shape index (κ1) is 34.0. The van der Waals surface area contributed by atoms with Crippen LogP contribution in [0.1, 0.15) is 43.2 Å². The van der Waals surface area contributed by atoms with Gasteiger partial charge in [0.1, 0.15) is 18.3 Å². The lowest BCUT2D eigenvalue weighted by atomic mass is 9.94. The third-order valence-corrected chi connectivity index (χ3v) is 10.5. The van der Waals surface area contributed by atoms with Crippen molar-refractivity contribution in [3.8, 4) is 5.75 Å². The minimum absolute atomic E-state index is 0.0190. The van der Waals surface area contributed by atoms with Crippen molar-refractivity contribution in [2.24, 2.45) is 0 Å². The van der Waals surface area contributed by atoms with Crippen molar-refractivity contribution in [3.63, 3.8) is 0 Å². The molecular formula is C37H40ClN3O5S. The molecule has 5 rings (SSSR count). The van der Waals surface area contributed by atoms with Crippen LogP contribution in [0.25, 0.3) is 0 Å². The summed E-state index contributed by atoms with van der Waals surface area (Å²) in [5.74, 6) is -0.511. The standard InChI is InChI=1S/C37H40ClN3O5S/c1-46-35-20-12-11-19-33(35)41(47(44,45)32-17-9-4-10-18-32)27-36(42)40(26-29-21-23-30(38)24-22-29)34(25-28-13-5-2-6-14-28)37(43)39-31-15-7-3-8-16-31/h2,4-6,9-14,17-24,31,34H,3,7-8,15-16,25-27H2,1H3,(H,39,43)/t34-/m0/s1. The first-order valence-electron chi connectivity index (χ1n) is 15.9. The van der Waals surface area contributed by atoms with Crippen LogP contribution in [0, 0.1) is 0 Å². The average Bonchev–Trinajstić information content (AvgIpc) is 3.10. The van der Waals surface area contributed by atoms with E-state index in [2.05, 4.69) is 5.32 Å². The fourth-order valence-electron chi connectivity index (χ4n) is 5.95. The summed E-state index contributed by atoms with van der Waals surface area (Å²) in [5.41, 5.74) is 1.84. The van der Waals surface area contributed by atoms with Gasteiger partial charge in [0.2, 0.25) is 11.8 Å². The van der Waals surface area contributed by atoms with Crippen LogP contribution in [-0.4, -0.2) is 50.9 Å². The lowest BCUT2D eigenvalue weighted by Crippen LogP contribution is -2.55. The zero-order valence-corrected chi connectivity index (χ0v) is 28.0. The van der Waals surface area contributed by atoms with Gasteiger partial charge in [-0.15, -0.1) is 0 Å². The van der Waals surface area contributed by atoms with E-state index in [0.29, 0.717) is 10.8 Å². The Hall–Kier alpha value is -4.34. The van der Waals surface area contributed by atoms with Crippen LogP contribution in [0.5, 0.6) is 5.75 Å². The van der Waals surface area contributed by atoms with Crippen molar-refractivity contribution in [2.45, 2.75) is 62.0 Å². The summed E-state index contributed by atoms with van der Waals surface area (Å²) in [5, 5.41) is 3.76. The van der Waals surface area contributed by atoms with Gasteiger partial charge in [-0.2, -0.15) is 0 Å². The molecule has 0 spiro atoms. The molecule has 8 nitrogen and oxygen atoms in total. The van der Waals surface area contributed by atoms with Gasteiger partial charge in [0, 0.05) is 24.0 Å². The SMILES string of the molecule is COc1ccccc1N(CC(=O)N(Cc1ccc(Cl)cc1)[C@@H](Cc1ccccc1)C(=O)NC1CCCCC1)S(=O)(=O)c1ccccc1. The van der Waals surface area contributed by atoms with E-state index in [0.717, 1.165) is 47.5 Å². The van der Waals surface area contributed by atoms with Crippen molar-refractivity contribution >= 4 is 39.1 Å². The van der Waals surface area contributed by atoms with Crippen molar-refractivity contribution in [2.75, 3.05) is 18.0 Å². The first-order valence-corrected chi connectivity index (χ1v) is 17.7. The van der Waals surface area contributed by atoms with E-state index in [9.17, 15) is 18.0 Å². The Balaban J connectivity index is 1.57. The highest BCUT2D eigenvalue weighted by atomic mass is 35.5. The van der Waals surface area contributed by atoms with Crippen LogP contribution in [0.4, 0.5) is 5.69 Å². The fraction of sp³-hybridized carbons (Fsp3) is 0.297. The van der Waals surface area contributed by atoms with Gasteiger partial charge in [-0.3, -0.25) is 13.9 Å².